The van der Waals surface area contributed by atoms with Gasteiger partial charge in [0, 0.05) is 44.3 Å². The molecule has 0 bridgehead atoms. The van der Waals surface area contributed by atoms with Gasteiger partial charge in [-0.25, -0.2) is 4.98 Å². The van der Waals surface area contributed by atoms with Crippen LogP contribution in [0.25, 0.3) is 106 Å². The molecule has 5 nitrogen and oxygen atoms in total. The van der Waals surface area contributed by atoms with E-state index >= 15 is 0 Å². The summed E-state index contributed by atoms with van der Waals surface area (Å²) in [5.41, 5.74) is 0.841. The van der Waals surface area contributed by atoms with Crippen LogP contribution in [0.1, 0.15) is 142 Å². The summed E-state index contributed by atoms with van der Waals surface area (Å²) in [6.45, 7) is 24.6. The molecule has 16 rings (SSSR count). The molecule has 7 heteroatoms. The molecular formula is C94H82N4OPtSi-2. The van der Waals surface area contributed by atoms with Gasteiger partial charge in [-0.2, -0.15) is 18.2 Å². The molecule has 0 amide bonds. The van der Waals surface area contributed by atoms with E-state index in [4.69, 9.17) is 13.8 Å². The zero-order chi connectivity index (χ0) is 92.5. The summed E-state index contributed by atoms with van der Waals surface area (Å²) in [7, 11) is -6.54. The first kappa shape index (κ1) is 42.1. The van der Waals surface area contributed by atoms with Crippen LogP contribution in [-0.4, -0.2) is 22.2 Å². The van der Waals surface area contributed by atoms with E-state index in [0.29, 0.717) is 28.0 Å². The van der Waals surface area contributed by atoms with Gasteiger partial charge in [0.1, 0.15) is 5.82 Å². The minimum absolute atomic E-state index is 0. The summed E-state index contributed by atoms with van der Waals surface area (Å²) in [6, 6.07) is 11.4. The molecule has 0 fully saturated rings. The number of ether oxygens (including phenoxy) is 1. The van der Waals surface area contributed by atoms with Crippen LogP contribution in [0, 0.1) is 18.5 Å². The van der Waals surface area contributed by atoms with Gasteiger partial charge in [0.15, 0.2) is 8.07 Å². The Morgan fingerprint density at radius 1 is 0.416 bits per heavy atom. The molecule has 1 aliphatic heterocycles. The molecule has 101 heavy (non-hydrogen) atoms. The SMILES string of the molecule is [2H]c1c([2H])c([2H])c([Si](c2c([2H])c([2H])c([2H])c([2H])c2[2H])(c2c([2H])c([2H])c([2H])c([2H])c2[2H])c2c([2H])c([2H])c([2H])c(-c3cc4c5c(c3)n(-c3[c-]c(Oc6[c-]c7c(cc6)c6ccccc6n7-c6cc(C(C)(C)C)ccn6)ccc3)[c-][n+]5-c3c(-c5cc(C(C)(C)C)cc(C(C)(C)C)c5)cc(C(C)(C)C)cc3-c3c([2H])c([2H])c([2H])c([2H])c3-c3c([2H])c([2H])c([2H])c([2H])c3-4)c2[2H])c([2H])c1[2H].[Pt]. The van der Waals surface area contributed by atoms with E-state index < -0.39 is 236 Å². The van der Waals surface area contributed by atoms with Crippen molar-refractivity contribution in [1.82, 2.24) is 14.1 Å². The molecule has 15 aromatic rings. The van der Waals surface area contributed by atoms with Crippen molar-refractivity contribution < 1.29 is 67.4 Å². The van der Waals surface area contributed by atoms with Gasteiger partial charge in [-0.3, -0.25) is 4.57 Å². The number of benzene rings is 12. The largest absolute Gasteiger partial charge is 0.510 e. The number of hydrogen-bond acceptors (Lipinski definition) is 2. The Morgan fingerprint density at radius 2 is 0.950 bits per heavy atom. The molecule has 4 heterocycles. The van der Waals surface area contributed by atoms with Gasteiger partial charge < -0.3 is 13.9 Å². The molecule has 12 aromatic carbocycles. The molecule has 500 valence electrons. The number of rotatable bonds is 10. The summed E-state index contributed by atoms with van der Waals surface area (Å²) < 4.78 is 277. The molecule has 3 aromatic heterocycles. The van der Waals surface area contributed by atoms with Crippen molar-refractivity contribution in [3.63, 3.8) is 0 Å². The van der Waals surface area contributed by atoms with E-state index in [1.807, 2.05) is 86.0 Å². The van der Waals surface area contributed by atoms with E-state index in [-0.39, 0.29) is 77.1 Å². The number of fused-ring (bicyclic) bond motifs is 10. The minimum atomic E-state index is -6.54. The number of para-hydroxylation sites is 1. The van der Waals surface area contributed by atoms with E-state index in [2.05, 4.69) is 86.8 Å². The van der Waals surface area contributed by atoms with Gasteiger partial charge in [0.25, 0.3) is 6.33 Å². The number of aromatic nitrogens is 4. The molecule has 0 saturated carbocycles. The van der Waals surface area contributed by atoms with Crippen LogP contribution in [0.2, 0.25) is 0 Å². The Bertz CT molecular complexity index is 7110. The molecule has 0 spiro atoms. The van der Waals surface area contributed by atoms with Gasteiger partial charge in [0.2, 0.25) is 0 Å². The summed E-state index contributed by atoms with van der Waals surface area (Å²) >= 11 is 0. The first-order valence-corrected chi connectivity index (χ1v) is 34.9. The molecule has 0 unspecified atom stereocenters. The third-order valence-corrected chi connectivity index (χ3v) is 22.6. The number of hydrogen-bond donors (Lipinski definition) is 0. The van der Waals surface area contributed by atoms with Crippen molar-refractivity contribution in [3.8, 4) is 84.3 Å². The predicted octanol–water partition coefficient (Wildman–Crippen LogP) is 20.8. The molecule has 0 radical (unpaired) electrons. The van der Waals surface area contributed by atoms with Crippen LogP contribution in [0.5, 0.6) is 11.5 Å². The smallest absolute Gasteiger partial charge is 0.268 e. The first-order valence-electron chi connectivity index (χ1n) is 46.4. The minimum Gasteiger partial charge on any atom is -0.510 e. The average molecular weight is 1530 g/mol. The van der Waals surface area contributed by atoms with E-state index in [1.54, 1.807) is 41.1 Å². The summed E-state index contributed by atoms with van der Waals surface area (Å²) in [4.78, 5) is 4.87. The maximum absolute atomic E-state index is 11.2. The molecule has 1 aliphatic rings. The van der Waals surface area contributed by atoms with Crippen molar-refractivity contribution in [2.75, 3.05) is 0 Å². The molecule has 0 atom stereocenters. The molecule has 0 aliphatic carbocycles. The topological polar surface area (TPSA) is 35.9 Å². The van der Waals surface area contributed by atoms with Gasteiger partial charge in [-0.1, -0.05) is 306 Å². The second-order valence-corrected chi connectivity index (χ2v) is 32.7. The van der Waals surface area contributed by atoms with Crippen LogP contribution in [-0.2, 0) is 42.7 Å². The fourth-order valence-electron chi connectivity index (χ4n) is 13.3. The summed E-state index contributed by atoms with van der Waals surface area (Å²) in [5.74, 6) is 0.873. The van der Waals surface area contributed by atoms with Crippen LogP contribution in [0.15, 0.2) is 279 Å². The van der Waals surface area contributed by atoms with Gasteiger partial charge in [-0.15, -0.1) is 29.7 Å². The van der Waals surface area contributed by atoms with Crippen molar-refractivity contribution in [1.29, 1.82) is 0 Å². The van der Waals surface area contributed by atoms with Crippen LogP contribution < -0.4 is 30.1 Å². The average Bonchev–Trinajstić information content (AvgIpc) is 1.14. The second-order valence-electron chi connectivity index (χ2n) is 29.2. The fraction of sp³-hybridized carbons (Fsp3) is 0.170. The monoisotopic (exact) mass is 1530 g/mol. The van der Waals surface area contributed by atoms with E-state index in [0.717, 1.165) is 33.0 Å². The Balaban J connectivity index is 0.0000126. The van der Waals surface area contributed by atoms with Crippen molar-refractivity contribution in [2.45, 2.75) is 105 Å². The van der Waals surface area contributed by atoms with Gasteiger partial charge in [-0.05, 0) is 156 Å². The summed E-state index contributed by atoms with van der Waals surface area (Å²) in [5, 5.41) is -2.67. The van der Waals surface area contributed by atoms with E-state index in [9.17, 15) is 32.9 Å². The Labute approximate surface area is 648 Å². The zero-order valence-corrected chi connectivity index (χ0v) is 60.8. The maximum Gasteiger partial charge on any atom is 0.268 e. The van der Waals surface area contributed by atoms with E-state index in [1.165, 1.54) is 16.7 Å². The van der Waals surface area contributed by atoms with Gasteiger partial charge >= 0.3 is 0 Å². The normalized spacial score (nSPS) is 16.2. The third-order valence-electron chi connectivity index (χ3n) is 18.6. The Morgan fingerprint density at radius 3 is 1.55 bits per heavy atom. The summed E-state index contributed by atoms with van der Waals surface area (Å²) in [6.07, 6.45) is 5.39. The number of pyridine rings is 1. The molecule has 0 N–H and O–H groups in total. The Hall–Kier alpha value is -10.2. The standard InChI is InChI=1S/C94H82N4OSi.Pt/c1-91(2,3)65-48-49-95-88(58-65)98-85-45-27-26-44-80(85)81-47-46-71(60-86(81)98)99-70-32-29-31-69(59-70)96-61-97-89-82(64-50-66(92(4,5)6)55-67(51-64)93(7,8)9)56-68(94(10,11)12)57-84(89)79-43-25-23-41-77(79)76-40-22-24-42-78(76)83-53-63(54-87(96)90(83)97)62-30-28-39-75(52-62)100(72-33-16-13-17-34-72,73-35-18-14-19-36-73)74-37-20-15-21-38-74;/h13-58H,1-12H3;/q-2;/i13D,14D,15D,16D,17D,18D,19D,20D,21D,22D,23D,24D,25D,28D,30D,33D,34D,35D,36D,37D,38D,39D,40D,41D,42D,43D,52D;. The predicted molar refractivity (Wildman–Crippen MR) is 419 cm³/mol. The molecule has 0 saturated heterocycles. The van der Waals surface area contributed by atoms with Gasteiger partial charge in [0.05, 0.1) is 53.7 Å². The maximum atomic E-state index is 11.2. The number of imidazole rings is 1. The molecular weight excluding hydrogens is 1420 g/mol. The first-order chi connectivity index (χ1) is 59.3. The van der Waals surface area contributed by atoms with Crippen molar-refractivity contribution in [3.05, 3.63) is 319 Å². The van der Waals surface area contributed by atoms with Crippen LogP contribution in [0.4, 0.5) is 0 Å². The second kappa shape index (κ2) is 25.4. The Kier molecular flexibility index (Phi) is 10.6. The van der Waals surface area contributed by atoms with Crippen LogP contribution >= 0.6 is 0 Å². The van der Waals surface area contributed by atoms with Crippen molar-refractivity contribution >= 4 is 61.7 Å². The number of nitrogens with zero attached hydrogens (tertiary/aromatic N) is 4. The zero-order valence-electron chi connectivity index (χ0n) is 84.5. The fourth-order valence-corrected chi connectivity index (χ4v) is 16.9. The quantitative estimate of drug-likeness (QED) is 0.0592. The third kappa shape index (κ3) is 11.8. The van der Waals surface area contributed by atoms with Crippen molar-refractivity contribution in [2.24, 2.45) is 0 Å². The van der Waals surface area contributed by atoms with Crippen LogP contribution in [0.3, 0.4) is 0 Å².